The number of allylic oxidation sites excluding steroid dienone is 1. The smallest absolute Gasteiger partial charge is 0.344 e. The molecule has 0 spiro atoms. The number of hydrogen-bond acceptors (Lipinski definition) is 5. The van der Waals surface area contributed by atoms with E-state index in [0.717, 1.165) is 4.47 Å². The Hall–Kier alpha value is -2.90. The van der Waals surface area contributed by atoms with Crippen LogP contribution in [0.15, 0.2) is 75.4 Å². The van der Waals surface area contributed by atoms with Crippen LogP contribution >= 0.6 is 31.9 Å². The molecule has 3 aromatic rings. The van der Waals surface area contributed by atoms with Crippen molar-refractivity contribution >= 4 is 49.7 Å². The Morgan fingerprint density at radius 2 is 1.83 bits per heavy atom. The fourth-order valence-electron chi connectivity index (χ4n) is 2.98. The highest BCUT2D eigenvalue weighted by molar-refractivity contribution is 9.10. The molecule has 30 heavy (non-hydrogen) atoms. The predicted octanol–water partition coefficient (Wildman–Crippen LogP) is 6.06. The maximum atomic E-state index is 12.7. The summed E-state index contributed by atoms with van der Waals surface area (Å²) >= 11 is 6.75. The molecular formula is C23H14Br2O5. The Kier molecular flexibility index (Phi) is 5.74. The zero-order valence-electron chi connectivity index (χ0n) is 15.6. The Bertz CT molecular complexity index is 1200. The van der Waals surface area contributed by atoms with Crippen molar-refractivity contribution in [3.05, 3.63) is 92.1 Å². The van der Waals surface area contributed by atoms with Gasteiger partial charge < -0.3 is 14.2 Å². The number of rotatable bonds is 4. The Labute approximate surface area is 189 Å². The first-order valence-corrected chi connectivity index (χ1v) is 10.4. The van der Waals surface area contributed by atoms with Gasteiger partial charge in [0.25, 0.3) is 0 Å². The summed E-state index contributed by atoms with van der Waals surface area (Å²) in [5.41, 5.74) is 1.50. The van der Waals surface area contributed by atoms with Gasteiger partial charge in [0, 0.05) is 20.6 Å². The molecule has 1 aliphatic rings. The third-order valence-electron chi connectivity index (χ3n) is 4.42. The zero-order chi connectivity index (χ0) is 21.3. The van der Waals surface area contributed by atoms with E-state index in [1.807, 2.05) is 18.2 Å². The Morgan fingerprint density at radius 1 is 1.03 bits per heavy atom. The third kappa shape index (κ3) is 4.04. The number of ether oxygens (including phenoxy) is 3. The number of halogens is 2. The summed E-state index contributed by atoms with van der Waals surface area (Å²) in [6.07, 6.45) is 1.62. The van der Waals surface area contributed by atoms with E-state index in [-0.39, 0.29) is 17.3 Å². The number of ketones is 1. The minimum absolute atomic E-state index is 0.163. The maximum absolute atomic E-state index is 12.7. The van der Waals surface area contributed by atoms with Crippen molar-refractivity contribution in [2.75, 3.05) is 7.11 Å². The van der Waals surface area contributed by atoms with Crippen molar-refractivity contribution in [2.24, 2.45) is 0 Å². The predicted molar refractivity (Wildman–Crippen MR) is 119 cm³/mol. The molecule has 0 saturated heterocycles. The molecule has 0 unspecified atom stereocenters. The first-order valence-electron chi connectivity index (χ1n) is 8.85. The molecule has 3 aromatic carbocycles. The molecule has 0 aromatic heterocycles. The molecule has 0 fully saturated rings. The van der Waals surface area contributed by atoms with Crippen LogP contribution in [0.2, 0.25) is 0 Å². The van der Waals surface area contributed by atoms with Gasteiger partial charge in [0.2, 0.25) is 5.78 Å². The van der Waals surface area contributed by atoms with Gasteiger partial charge in [-0.1, -0.05) is 28.1 Å². The number of carbonyl (C=O) groups excluding carboxylic acids is 2. The maximum Gasteiger partial charge on any atom is 0.344 e. The fraction of sp³-hybridized carbons (Fsp3) is 0.0435. The second-order valence-corrected chi connectivity index (χ2v) is 8.12. The first kappa shape index (κ1) is 20.4. The first-order chi connectivity index (χ1) is 14.5. The largest absolute Gasteiger partial charge is 0.496 e. The van der Waals surface area contributed by atoms with E-state index in [4.69, 9.17) is 14.2 Å². The molecule has 0 radical (unpaired) electrons. The van der Waals surface area contributed by atoms with Gasteiger partial charge >= 0.3 is 5.97 Å². The summed E-state index contributed by atoms with van der Waals surface area (Å²) in [4.78, 5) is 25.1. The number of Topliss-reactive ketones (excluding diaryl/α,β-unsaturated/α-hetero) is 1. The quantitative estimate of drug-likeness (QED) is 0.234. The number of hydrogen-bond donors (Lipinski definition) is 0. The van der Waals surface area contributed by atoms with Crippen LogP contribution in [0.3, 0.4) is 0 Å². The molecule has 150 valence electrons. The normalized spacial score (nSPS) is 13.7. The Morgan fingerprint density at radius 3 is 2.60 bits per heavy atom. The van der Waals surface area contributed by atoms with Gasteiger partial charge in [-0.05, 0) is 64.5 Å². The van der Waals surface area contributed by atoms with Crippen LogP contribution in [0, 0.1) is 0 Å². The van der Waals surface area contributed by atoms with Crippen molar-refractivity contribution in [2.45, 2.75) is 0 Å². The minimum atomic E-state index is -0.513. The Balaban J connectivity index is 1.60. The van der Waals surface area contributed by atoms with Gasteiger partial charge in [-0.25, -0.2) is 4.79 Å². The van der Waals surface area contributed by atoms with Crippen LogP contribution in [-0.2, 0) is 0 Å². The van der Waals surface area contributed by atoms with E-state index in [2.05, 4.69) is 31.9 Å². The third-order valence-corrected chi connectivity index (χ3v) is 5.61. The molecule has 5 nitrogen and oxygen atoms in total. The lowest BCUT2D eigenvalue weighted by molar-refractivity contribution is 0.0733. The monoisotopic (exact) mass is 528 g/mol. The molecular weight excluding hydrogens is 516 g/mol. The molecule has 0 saturated carbocycles. The lowest BCUT2D eigenvalue weighted by atomic mass is 10.1. The van der Waals surface area contributed by atoms with Gasteiger partial charge in [0.1, 0.15) is 17.2 Å². The molecule has 0 atom stereocenters. The summed E-state index contributed by atoms with van der Waals surface area (Å²) < 4.78 is 18.0. The van der Waals surface area contributed by atoms with Gasteiger partial charge in [-0.3, -0.25) is 4.79 Å². The zero-order valence-corrected chi connectivity index (χ0v) is 18.8. The summed E-state index contributed by atoms with van der Waals surface area (Å²) in [5.74, 6) is 0.620. The second kappa shape index (κ2) is 8.45. The minimum Gasteiger partial charge on any atom is -0.496 e. The van der Waals surface area contributed by atoms with Gasteiger partial charge in [-0.15, -0.1) is 0 Å². The van der Waals surface area contributed by atoms with E-state index >= 15 is 0 Å². The van der Waals surface area contributed by atoms with Crippen LogP contribution < -0.4 is 14.2 Å². The molecule has 0 N–H and O–H groups in total. The molecule has 1 heterocycles. The van der Waals surface area contributed by atoms with Gasteiger partial charge in [-0.2, -0.15) is 0 Å². The second-order valence-electron chi connectivity index (χ2n) is 6.35. The number of carbonyl (C=O) groups is 2. The number of fused-ring (bicyclic) bond motifs is 1. The van der Waals surface area contributed by atoms with E-state index in [1.54, 1.807) is 49.6 Å². The average molecular weight is 530 g/mol. The van der Waals surface area contributed by atoms with Crippen molar-refractivity contribution in [3.63, 3.8) is 0 Å². The fourth-order valence-corrected chi connectivity index (χ4v) is 3.80. The van der Waals surface area contributed by atoms with Crippen LogP contribution in [0.4, 0.5) is 0 Å². The van der Waals surface area contributed by atoms with Crippen molar-refractivity contribution in [1.29, 1.82) is 0 Å². The van der Waals surface area contributed by atoms with Crippen LogP contribution in [0.5, 0.6) is 17.2 Å². The van der Waals surface area contributed by atoms with E-state index in [0.29, 0.717) is 32.7 Å². The van der Waals surface area contributed by atoms with Gasteiger partial charge in [0.05, 0.1) is 18.2 Å². The lowest BCUT2D eigenvalue weighted by Gasteiger charge is -2.07. The number of benzene rings is 3. The number of esters is 1. The van der Waals surface area contributed by atoms with Crippen molar-refractivity contribution < 1.29 is 23.8 Å². The topological polar surface area (TPSA) is 61.8 Å². The highest BCUT2D eigenvalue weighted by Crippen LogP contribution is 2.36. The summed E-state index contributed by atoms with van der Waals surface area (Å²) in [5, 5.41) is 0. The molecule has 4 rings (SSSR count). The van der Waals surface area contributed by atoms with Crippen molar-refractivity contribution in [3.8, 4) is 17.2 Å². The molecule has 1 aliphatic heterocycles. The highest BCUT2D eigenvalue weighted by atomic mass is 79.9. The van der Waals surface area contributed by atoms with Crippen LogP contribution in [-0.4, -0.2) is 18.9 Å². The average Bonchev–Trinajstić information content (AvgIpc) is 3.03. The molecule has 0 amide bonds. The number of methoxy groups -OCH3 is 1. The summed E-state index contributed by atoms with van der Waals surface area (Å²) in [6.45, 7) is 0. The SMILES string of the molecule is COc1ccc(Br)cc1C=C1Oc2cc(OC(=O)c3ccccc3Br)ccc2C1=O. The van der Waals surface area contributed by atoms with E-state index in [9.17, 15) is 9.59 Å². The van der Waals surface area contributed by atoms with Gasteiger partial charge in [0.15, 0.2) is 5.76 Å². The van der Waals surface area contributed by atoms with Crippen molar-refractivity contribution in [1.82, 2.24) is 0 Å². The highest BCUT2D eigenvalue weighted by Gasteiger charge is 2.28. The van der Waals surface area contributed by atoms with Crippen LogP contribution in [0.25, 0.3) is 6.08 Å². The van der Waals surface area contributed by atoms with E-state index in [1.165, 1.54) is 6.07 Å². The summed E-state index contributed by atoms with van der Waals surface area (Å²) in [6, 6.07) is 17.1. The summed E-state index contributed by atoms with van der Waals surface area (Å²) in [7, 11) is 1.56. The molecule has 0 aliphatic carbocycles. The lowest BCUT2D eigenvalue weighted by Crippen LogP contribution is -2.09. The molecule has 0 bridgehead atoms. The van der Waals surface area contributed by atoms with E-state index < -0.39 is 5.97 Å². The van der Waals surface area contributed by atoms with Crippen LogP contribution in [0.1, 0.15) is 26.3 Å². The molecule has 7 heteroatoms. The standard InChI is InChI=1S/C23H14Br2O5/c1-28-19-9-6-14(24)10-13(19)11-21-22(26)17-8-7-15(12-20(17)30-21)29-23(27)16-4-2-3-5-18(16)25/h2-12H,1H3.